The largest absolute Gasteiger partial charge is 0.481 e. The number of nitrogens with zero attached hydrogens (tertiary/aromatic N) is 2. The second-order valence-corrected chi connectivity index (χ2v) is 8.14. The summed E-state index contributed by atoms with van der Waals surface area (Å²) >= 11 is 0. The minimum atomic E-state index is -0.901. The van der Waals surface area contributed by atoms with Crippen molar-refractivity contribution in [1.29, 1.82) is 0 Å². The number of urea groups is 1. The fourth-order valence-electron chi connectivity index (χ4n) is 3.99. The number of carbonyl (C=O) groups is 4. The molecule has 2 atom stereocenters. The Kier molecular flexibility index (Phi) is 4.56. The number of amides is 4. The Morgan fingerprint density at radius 2 is 1.86 bits per heavy atom. The molecule has 0 aromatic heterocycles. The fraction of sp³-hybridized carbons (Fsp3) is 0.500. The van der Waals surface area contributed by atoms with Crippen LogP contribution in [0.4, 0.5) is 10.5 Å². The Hall–Kier alpha value is -2.90. The van der Waals surface area contributed by atoms with E-state index in [9.17, 15) is 24.3 Å². The maximum absolute atomic E-state index is 12.6. The van der Waals surface area contributed by atoms with Crippen molar-refractivity contribution in [3.63, 3.8) is 0 Å². The molecule has 8 heteroatoms. The molecule has 1 aromatic rings. The van der Waals surface area contributed by atoms with E-state index >= 15 is 0 Å². The topological polar surface area (TPSA) is 107 Å². The predicted molar refractivity (Wildman–Crippen MR) is 100 cm³/mol. The van der Waals surface area contributed by atoms with Gasteiger partial charge in [0, 0.05) is 25.3 Å². The molecule has 1 saturated heterocycles. The van der Waals surface area contributed by atoms with Crippen LogP contribution in [0.25, 0.3) is 0 Å². The summed E-state index contributed by atoms with van der Waals surface area (Å²) in [6.07, 6.45) is 2.63. The number of likely N-dealkylation sites (tertiary alicyclic amines) is 1. The molecule has 1 saturated carbocycles. The lowest BCUT2D eigenvalue weighted by atomic mass is 9.91. The molecule has 8 nitrogen and oxygen atoms in total. The second-order valence-electron chi connectivity index (χ2n) is 8.14. The van der Waals surface area contributed by atoms with Gasteiger partial charge < -0.3 is 15.3 Å². The van der Waals surface area contributed by atoms with E-state index in [2.05, 4.69) is 5.32 Å². The van der Waals surface area contributed by atoms with Crippen LogP contribution in [0.15, 0.2) is 18.2 Å². The fourth-order valence-corrected chi connectivity index (χ4v) is 3.99. The molecule has 0 spiro atoms. The summed E-state index contributed by atoms with van der Waals surface area (Å²) in [6.45, 7) is 3.01. The van der Waals surface area contributed by atoms with Gasteiger partial charge in [0.15, 0.2) is 0 Å². The first-order valence-electron chi connectivity index (χ1n) is 9.62. The third-order valence-corrected chi connectivity index (χ3v) is 5.66. The van der Waals surface area contributed by atoms with Crippen LogP contribution in [0.2, 0.25) is 0 Å². The summed E-state index contributed by atoms with van der Waals surface area (Å²) in [5, 5.41) is 12.0. The number of nitrogens with one attached hydrogen (secondary N) is 1. The van der Waals surface area contributed by atoms with Crippen molar-refractivity contribution in [1.82, 2.24) is 9.80 Å². The van der Waals surface area contributed by atoms with Crippen molar-refractivity contribution in [3.05, 3.63) is 29.3 Å². The quantitative estimate of drug-likeness (QED) is 0.773. The van der Waals surface area contributed by atoms with E-state index in [1.165, 1.54) is 15.9 Å². The molecular formula is C20H23N3O5. The van der Waals surface area contributed by atoms with Crippen LogP contribution in [-0.4, -0.2) is 58.4 Å². The minimum absolute atomic E-state index is 0.0933. The van der Waals surface area contributed by atoms with E-state index in [-0.39, 0.29) is 24.3 Å². The summed E-state index contributed by atoms with van der Waals surface area (Å²) < 4.78 is 0. The lowest BCUT2D eigenvalue weighted by molar-refractivity contribution is -0.143. The summed E-state index contributed by atoms with van der Waals surface area (Å²) in [7, 11) is 0. The van der Waals surface area contributed by atoms with Gasteiger partial charge in [-0.3, -0.25) is 19.3 Å². The molecule has 2 fully saturated rings. The molecule has 2 heterocycles. The third kappa shape index (κ3) is 3.46. The molecule has 1 aromatic carbocycles. The van der Waals surface area contributed by atoms with Crippen molar-refractivity contribution in [2.24, 2.45) is 17.8 Å². The maximum Gasteiger partial charge on any atom is 0.321 e. The van der Waals surface area contributed by atoms with Crippen molar-refractivity contribution >= 4 is 29.5 Å². The zero-order valence-electron chi connectivity index (χ0n) is 15.7. The minimum Gasteiger partial charge on any atom is -0.481 e. The average Bonchev–Trinajstić information content (AvgIpc) is 3.45. The van der Waals surface area contributed by atoms with Crippen molar-refractivity contribution in [2.45, 2.75) is 26.2 Å². The Morgan fingerprint density at radius 1 is 1.14 bits per heavy atom. The zero-order chi connectivity index (χ0) is 20.0. The van der Waals surface area contributed by atoms with Gasteiger partial charge >= 0.3 is 12.0 Å². The molecule has 2 unspecified atom stereocenters. The van der Waals surface area contributed by atoms with E-state index < -0.39 is 17.9 Å². The molecular weight excluding hydrogens is 362 g/mol. The predicted octanol–water partition coefficient (Wildman–Crippen LogP) is 2.27. The summed E-state index contributed by atoms with van der Waals surface area (Å²) in [5.74, 6) is -1.58. The number of fused-ring (bicyclic) bond motifs is 1. The summed E-state index contributed by atoms with van der Waals surface area (Å²) in [6, 6.07) is 4.30. The van der Waals surface area contributed by atoms with Gasteiger partial charge in [-0.05, 0) is 49.3 Å². The molecule has 148 valence electrons. The standard InChI is InChI=1S/C20H23N3O5/c1-11-6-13(19(26)27)10-22(8-11)20(28)21-14-4-5-15-16(7-14)18(25)23(17(15)24)9-12-2-3-12/h4-5,7,11-13H,2-3,6,8-10H2,1H3,(H,21,28)(H,26,27). The van der Waals surface area contributed by atoms with Gasteiger partial charge in [0.25, 0.3) is 11.8 Å². The van der Waals surface area contributed by atoms with E-state index in [1.54, 1.807) is 12.1 Å². The van der Waals surface area contributed by atoms with Gasteiger partial charge in [-0.1, -0.05) is 6.92 Å². The van der Waals surface area contributed by atoms with Crippen LogP contribution in [0.1, 0.15) is 46.9 Å². The SMILES string of the molecule is CC1CC(C(=O)O)CN(C(=O)Nc2ccc3c(c2)C(=O)N(CC2CC2)C3=O)C1. The van der Waals surface area contributed by atoms with Crippen LogP contribution in [0, 0.1) is 17.8 Å². The second kappa shape index (κ2) is 6.92. The summed E-state index contributed by atoms with van der Waals surface area (Å²) in [5.41, 5.74) is 1.09. The third-order valence-electron chi connectivity index (χ3n) is 5.66. The normalized spacial score (nSPS) is 24.3. The average molecular weight is 385 g/mol. The zero-order valence-corrected chi connectivity index (χ0v) is 15.7. The molecule has 4 rings (SSSR count). The van der Waals surface area contributed by atoms with Crippen molar-refractivity contribution < 1.29 is 24.3 Å². The Balaban J connectivity index is 1.47. The number of hydrogen-bond acceptors (Lipinski definition) is 4. The number of rotatable bonds is 4. The first-order chi connectivity index (χ1) is 13.3. The highest BCUT2D eigenvalue weighted by molar-refractivity contribution is 6.21. The molecule has 0 bridgehead atoms. The monoisotopic (exact) mass is 385 g/mol. The van der Waals surface area contributed by atoms with Gasteiger partial charge in [0.05, 0.1) is 17.0 Å². The smallest absolute Gasteiger partial charge is 0.321 e. The van der Waals surface area contributed by atoms with Gasteiger partial charge in [0.2, 0.25) is 0 Å². The number of piperidine rings is 1. The molecule has 0 radical (unpaired) electrons. The number of aliphatic carboxylic acids is 1. The number of imide groups is 1. The number of anilines is 1. The molecule has 2 N–H and O–H groups in total. The maximum atomic E-state index is 12.6. The van der Waals surface area contributed by atoms with Crippen LogP contribution in [0.3, 0.4) is 0 Å². The first kappa shape index (κ1) is 18.5. The Morgan fingerprint density at radius 3 is 2.54 bits per heavy atom. The molecule has 4 amide bonds. The van der Waals surface area contributed by atoms with Gasteiger partial charge in [0.1, 0.15) is 0 Å². The van der Waals surface area contributed by atoms with Crippen LogP contribution < -0.4 is 5.32 Å². The van der Waals surface area contributed by atoms with E-state index in [0.29, 0.717) is 42.2 Å². The Labute approximate surface area is 162 Å². The highest BCUT2D eigenvalue weighted by Gasteiger charge is 2.39. The lowest BCUT2D eigenvalue weighted by Gasteiger charge is -2.34. The van der Waals surface area contributed by atoms with Crippen LogP contribution in [-0.2, 0) is 4.79 Å². The number of carbonyl (C=O) groups excluding carboxylic acids is 3. The van der Waals surface area contributed by atoms with E-state index in [0.717, 1.165) is 12.8 Å². The highest BCUT2D eigenvalue weighted by Crippen LogP contribution is 2.34. The Bertz CT molecular complexity index is 863. The van der Waals surface area contributed by atoms with Crippen molar-refractivity contribution in [3.8, 4) is 0 Å². The molecule has 3 aliphatic rings. The molecule has 1 aliphatic carbocycles. The number of hydrogen-bond donors (Lipinski definition) is 2. The molecule has 28 heavy (non-hydrogen) atoms. The van der Waals surface area contributed by atoms with E-state index in [1.807, 2.05) is 6.92 Å². The highest BCUT2D eigenvalue weighted by atomic mass is 16.4. The molecule has 2 aliphatic heterocycles. The number of carboxylic acids is 1. The van der Waals surface area contributed by atoms with Crippen LogP contribution >= 0.6 is 0 Å². The van der Waals surface area contributed by atoms with Gasteiger partial charge in [-0.25, -0.2) is 4.79 Å². The lowest BCUT2D eigenvalue weighted by Crippen LogP contribution is -2.47. The van der Waals surface area contributed by atoms with Gasteiger partial charge in [-0.15, -0.1) is 0 Å². The first-order valence-corrected chi connectivity index (χ1v) is 9.62. The van der Waals surface area contributed by atoms with Crippen molar-refractivity contribution in [2.75, 3.05) is 25.0 Å². The summed E-state index contributed by atoms with van der Waals surface area (Å²) in [4.78, 5) is 51.7. The van der Waals surface area contributed by atoms with Crippen LogP contribution in [0.5, 0.6) is 0 Å². The number of carboxylic acid groups (broad SMARTS) is 1. The number of benzene rings is 1. The van der Waals surface area contributed by atoms with E-state index in [4.69, 9.17) is 0 Å². The van der Waals surface area contributed by atoms with Gasteiger partial charge in [-0.2, -0.15) is 0 Å².